The maximum atomic E-state index is 12.4. The fourth-order valence-electron chi connectivity index (χ4n) is 1.97. The summed E-state index contributed by atoms with van der Waals surface area (Å²) in [6, 6.07) is 16.8. The molecule has 0 bridgehead atoms. The molecular formula is C20H20O2S2. The molecule has 0 spiro atoms. The van der Waals surface area contributed by atoms with Crippen LogP contribution in [0.2, 0.25) is 0 Å². The Labute approximate surface area is 151 Å². The third-order valence-electron chi connectivity index (χ3n) is 3.23. The molecule has 0 heterocycles. The second-order valence-corrected chi connectivity index (χ2v) is 7.74. The minimum absolute atomic E-state index is 0.0158. The Balaban J connectivity index is 2.16. The fourth-order valence-corrected chi connectivity index (χ4v) is 4.01. The Bertz CT molecular complexity index is 719. The van der Waals surface area contributed by atoms with Gasteiger partial charge < -0.3 is 0 Å². The van der Waals surface area contributed by atoms with Crippen LogP contribution in [0, 0.1) is 0 Å². The first-order chi connectivity index (χ1) is 11.6. The van der Waals surface area contributed by atoms with Gasteiger partial charge in [-0.1, -0.05) is 61.2 Å². The van der Waals surface area contributed by atoms with Crippen molar-refractivity contribution in [3.05, 3.63) is 76.0 Å². The number of thioether (sulfide) groups is 2. The second kappa shape index (κ2) is 9.50. The monoisotopic (exact) mass is 356 g/mol. The van der Waals surface area contributed by atoms with Crippen LogP contribution in [-0.2, 0) is 0 Å². The number of ketones is 2. The topological polar surface area (TPSA) is 34.1 Å². The molecule has 0 aliphatic rings. The summed E-state index contributed by atoms with van der Waals surface area (Å²) < 4.78 is 0.973. The fraction of sp³-hybridized carbons (Fsp3) is 0.200. The normalized spacial score (nSPS) is 11.3. The molecular weight excluding hydrogens is 336 g/mol. The molecule has 0 radical (unpaired) electrons. The molecule has 4 heteroatoms. The van der Waals surface area contributed by atoms with Gasteiger partial charge in [0.25, 0.3) is 0 Å². The Kier molecular flexibility index (Phi) is 7.35. The number of benzene rings is 2. The van der Waals surface area contributed by atoms with Crippen molar-refractivity contribution in [2.45, 2.75) is 25.2 Å². The van der Waals surface area contributed by atoms with Crippen LogP contribution in [0.3, 0.4) is 0 Å². The van der Waals surface area contributed by atoms with Crippen LogP contribution in [0.15, 0.2) is 69.8 Å². The molecule has 0 aromatic heterocycles. The van der Waals surface area contributed by atoms with Crippen molar-refractivity contribution in [2.24, 2.45) is 0 Å². The lowest BCUT2D eigenvalue weighted by Gasteiger charge is -2.07. The first kappa shape index (κ1) is 18.6. The molecule has 0 amide bonds. The quantitative estimate of drug-likeness (QED) is 0.337. The molecule has 0 saturated heterocycles. The molecule has 2 aromatic carbocycles. The number of allylic oxidation sites excluding steroid dienone is 1. The lowest BCUT2D eigenvalue weighted by Crippen LogP contribution is -1.95. The van der Waals surface area contributed by atoms with E-state index in [1.807, 2.05) is 54.6 Å². The summed E-state index contributed by atoms with van der Waals surface area (Å²) in [5.74, 6) is 1.04. The summed E-state index contributed by atoms with van der Waals surface area (Å²) in [4.78, 5) is 24.8. The smallest absolute Gasteiger partial charge is 0.187 e. The zero-order valence-electron chi connectivity index (χ0n) is 13.8. The van der Waals surface area contributed by atoms with Crippen molar-refractivity contribution in [3.8, 4) is 0 Å². The lowest BCUT2D eigenvalue weighted by atomic mass is 10.1. The summed E-state index contributed by atoms with van der Waals surface area (Å²) in [7, 11) is 0. The Morgan fingerprint density at radius 1 is 0.958 bits per heavy atom. The van der Waals surface area contributed by atoms with Crippen LogP contribution in [0.4, 0.5) is 0 Å². The van der Waals surface area contributed by atoms with E-state index < -0.39 is 0 Å². The molecule has 2 rings (SSSR count). The van der Waals surface area contributed by atoms with E-state index in [1.165, 1.54) is 0 Å². The average molecular weight is 357 g/mol. The molecule has 0 aliphatic heterocycles. The predicted octanol–water partition coefficient (Wildman–Crippen LogP) is 5.85. The van der Waals surface area contributed by atoms with Gasteiger partial charge in [-0.3, -0.25) is 9.59 Å². The zero-order chi connectivity index (χ0) is 17.4. The van der Waals surface area contributed by atoms with Gasteiger partial charge in [0.2, 0.25) is 0 Å². The third kappa shape index (κ3) is 5.69. The highest BCUT2D eigenvalue weighted by Gasteiger charge is 2.08. The molecule has 0 fully saturated rings. The van der Waals surface area contributed by atoms with Crippen LogP contribution in [-0.4, -0.2) is 17.3 Å². The number of hydrogen-bond donors (Lipinski definition) is 0. The maximum Gasteiger partial charge on any atom is 0.187 e. The van der Waals surface area contributed by atoms with E-state index in [4.69, 9.17) is 0 Å². The summed E-state index contributed by atoms with van der Waals surface area (Å²) in [6.07, 6.45) is 2.75. The Morgan fingerprint density at radius 2 is 1.62 bits per heavy atom. The molecule has 0 atom stereocenters. The molecule has 0 aliphatic carbocycles. The molecule has 2 aromatic rings. The van der Waals surface area contributed by atoms with Crippen molar-refractivity contribution >= 4 is 35.1 Å². The van der Waals surface area contributed by atoms with E-state index in [-0.39, 0.29) is 11.6 Å². The van der Waals surface area contributed by atoms with Gasteiger partial charge in [-0.05, 0) is 31.2 Å². The molecule has 0 unspecified atom stereocenters. The maximum absolute atomic E-state index is 12.4. The number of carbonyl (C=O) groups excluding carboxylic acids is 2. The Morgan fingerprint density at radius 3 is 2.21 bits per heavy atom. The minimum Gasteiger partial charge on any atom is -0.295 e. The molecule has 0 N–H and O–H groups in total. The standard InChI is InChI=1S/C20H20O2S2/c1-3-13-23-20(14-19(22)17-7-5-4-6-8-17)24-18-11-9-16(10-12-18)15(2)21/h4-12,14H,3,13H2,1-2H3/b20-14+. The zero-order valence-corrected chi connectivity index (χ0v) is 15.5. The van der Waals surface area contributed by atoms with Gasteiger partial charge in [0.15, 0.2) is 11.6 Å². The van der Waals surface area contributed by atoms with E-state index in [1.54, 1.807) is 36.5 Å². The number of carbonyl (C=O) groups is 2. The van der Waals surface area contributed by atoms with Gasteiger partial charge in [0.1, 0.15) is 0 Å². The molecule has 0 saturated carbocycles. The summed E-state index contributed by atoms with van der Waals surface area (Å²) in [5, 5.41) is 0. The van der Waals surface area contributed by atoms with E-state index >= 15 is 0 Å². The summed E-state index contributed by atoms with van der Waals surface area (Å²) in [6.45, 7) is 3.68. The predicted molar refractivity (Wildman–Crippen MR) is 104 cm³/mol. The van der Waals surface area contributed by atoms with Crippen molar-refractivity contribution < 1.29 is 9.59 Å². The van der Waals surface area contributed by atoms with Gasteiger partial charge in [0.05, 0.1) is 0 Å². The van der Waals surface area contributed by atoms with Crippen LogP contribution >= 0.6 is 23.5 Å². The largest absolute Gasteiger partial charge is 0.295 e. The van der Waals surface area contributed by atoms with Crippen LogP contribution in [0.25, 0.3) is 0 Å². The summed E-state index contributed by atoms with van der Waals surface area (Å²) >= 11 is 3.25. The first-order valence-electron chi connectivity index (χ1n) is 7.83. The van der Waals surface area contributed by atoms with Crippen molar-refractivity contribution in [1.29, 1.82) is 0 Å². The van der Waals surface area contributed by atoms with E-state index in [9.17, 15) is 9.59 Å². The van der Waals surface area contributed by atoms with Crippen molar-refractivity contribution in [3.63, 3.8) is 0 Å². The van der Waals surface area contributed by atoms with Gasteiger partial charge in [-0.15, -0.1) is 11.8 Å². The first-order valence-corrected chi connectivity index (χ1v) is 9.63. The lowest BCUT2D eigenvalue weighted by molar-refractivity contribution is 0.101. The highest BCUT2D eigenvalue weighted by atomic mass is 32.2. The number of Topliss-reactive ketones (excluding diaryl/α,β-unsaturated/α-hetero) is 1. The second-order valence-electron chi connectivity index (χ2n) is 5.22. The molecule has 24 heavy (non-hydrogen) atoms. The molecule has 2 nitrogen and oxygen atoms in total. The van der Waals surface area contributed by atoms with Gasteiger partial charge in [-0.2, -0.15) is 0 Å². The van der Waals surface area contributed by atoms with E-state index in [0.717, 1.165) is 21.3 Å². The number of hydrogen-bond acceptors (Lipinski definition) is 4. The van der Waals surface area contributed by atoms with Crippen molar-refractivity contribution in [1.82, 2.24) is 0 Å². The molecule has 124 valence electrons. The van der Waals surface area contributed by atoms with Gasteiger partial charge in [0, 0.05) is 26.3 Å². The Hall–Kier alpha value is -1.78. The van der Waals surface area contributed by atoms with Gasteiger partial charge >= 0.3 is 0 Å². The highest BCUT2D eigenvalue weighted by Crippen LogP contribution is 2.35. The van der Waals surface area contributed by atoms with Gasteiger partial charge in [-0.25, -0.2) is 0 Å². The van der Waals surface area contributed by atoms with Crippen molar-refractivity contribution in [2.75, 3.05) is 5.75 Å². The van der Waals surface area contributed by atoms with E-state index in [2.05, 4.69) is 6.92 Å². The van der Waals surface area contributed by atoms with Crippen LogP contribution in [0.5, 0.6) is 0 Å². The SMILES string of the molecule is CCCS/C(=C\C(=O)c1ccccc1)Sc1ccc(C(C)=O)cc1. The number of rotatable bonds is 8. The average Bonchev–Trinajstić information content (AvgIpc) is 2.60. The van der Waals surface area contributed by atoms with Crippen LogP contribution in [0.1, 0.15) is 41.0 Å². The third-order valence-corrected chi connectivity index (χ3v) is 5.68. The summed E-state index contributed by atoms with van der Waals surface area (Å²) in [5.41, 5.74) is 1.39. The van der Waals surface area contributed by atoms with E-state index in [0.29, 0.717) is 11.1 Å². The minimum atomic E-state index is 0.0158. The van der Waals surface area contributed by atoms with Crippen LogP contribution < -0.4 is 0 Å². The highest BCUT2D eigenvalue weighted by molar-refractivity contribution is 8.22.